The lowest BCUT2D eigenvalue weighted by Gasteiger charge is -2.62. The molecule has 1 aromatic carbocycles. The van der Waals surface area contributed by atoms with E-state index in [1.807, 2.05) is 6.20 Å². The monoisotopic (exact) mass is 358 g/mol. The number of nitrogens with zero attached hydrogens (tertiary/aromatic N) is 2. The van der Waals surface area contributed by atoms with Gasteiger partial charge < -0.3 is 4.90 Å². The highest BCUT2D eigenvalue weighted by Gasteiger charge is 2.65. The van der Waals surface area contributed by atoms with Gasteiger partial charge in [0.15, 0.2) is 0 Å². The molecule has 0 saturated heterocycles. The quantitative estimate of drug-likeness (QED) is 0.653. The van der Waals surface area contributed by atoms with Crippen molar-refractivity contribution in [3.63, 3.8) is 0 Å². The molecule has 27 heavy (non-hydrogen) atoms. The Hall–Kier alpha value is -1.83. The molecule has 1 unspecified atom stereocenters. The van der Waals surface area contributed by atoms with Crippen LogP contribution < -0.4 is 4.90 Å². The molecule has 1 spiro atoms. The second-order valence-corrected chi connectivity index (χ2v) is 9.69. The van der Waals surface area contributed by atoms with Crippen molar-refractivity contribution in [3.8, 4) is 0 Å². The van der Waals surface area contributed by atoms with Crippen molar-refractivity contribution in [2.24, 2.45) is 23.7 Å². The molecule has 140 valence electrons. The second-order valence-electron chi connectivity index (χ2n) is 9.69. The van der Waals surface area contributed by atoms with E-state index in [2.05, 4.69) is 55.1 Å². The van der Waals surface area contributed by atoms with Crippen molar-refractivity contribution in [3.05, 3.63) is 53.7 Å². The molecule has 1 aromatic heterocycles. The van der Waals surface area contributed by atoms with Gasteiger partial charge in [-0.15, -0.1) is 0 Å². The smallest absolute Gasteiger partial charge is 0.137 e. The van der Waals surface area contributed by atoms with Crippen molar-refractivity contribution in [2.75, 3.05) is 4.90 Å². The highest BCUT2D eigenvalue weighted by molar-refractivity contribution is 5.73. The number of anilines is 2. The van der Waals surface area contributed by atoms with Crippen molar-refractivity contribution in [2.45, 2.75) is 63.8 Å². The third-order valence-corrected chi connectivity index (χ3v) is 8.60. The maximum absolute atomic E-state index is 4.99. The average molecular weight is 359 g/mol. The number of fused-ring (bicyclic) bond motifs is 1. The number of para-hydroxylation sites is 1. The summed E-state index contributed by atoms with van der Waals surface area (Å²) in [5, 5.41) is 0. The maximum Gasteiger partial charge on any atom is 0.137 e. The molecule has 0 amide bonds. The first-order valence-electron chi connectivity index (χ1n) is 11.0. The van der Waals surface area contributed by atoms with Gasteiger partial charge in [0, 0.05) is 28.9 Å². The zero-order valence-corrected chi connectivity index (χ0v) is 16.6. The van der Waals surface area contributed by atoms with Crippen LogP contribution >= 0.6 is 0 Å². The Morgan fingerprint density at radius 2 is 1.67 bits per heavy atom. The molecule has 7 rings (SSSR count). The van der Waals surface area contributed by atoms with E-state index in [1.54, 1.807) is 5.56 Å². The highest BCUT2D eigenvalue weighted by atomic mass is 15.3. The molecule has 4 saturated carbocycles. The summed E-state index contributed by atoms with van der Waals surface area (Å²) in [7, 11) is 0. The van der Waals surface area contributed by atoms with E-state index in [0.717, 1.165) is 23.7 Å². The van der Waals surface area contributed by atoms with Crippen molar-refractivity contribution in [1.82, 2.24) is 4.98 Å². The van der Waals surface area contributed by atoms with Gasteiger partial charge >= 0.3 is 0 Å². The normalized spacial score (nSPS) is 38.6. The maximum atomic E-state index is 4.99. The highest BCUT2D eigenvalue weighted by Crippen LogP contribution is 2.68. The molecular formula is C25H30N2. The van der Waals surface area contributed by atoms with Gasteiger partial charge in [-0.1, -0.05) is 31.2 Å². The summed E-state index contributed by atoms with van der Waals surface area (Å²) in [4.78, 5) is 7.64. The van der Waals surface area contributed by atoms with E-state index in [9.17, 15) is 0 Å². The third kappa shape index (κ3) is 1.94. The van der Waals surface area contributed by atoms with Gasteiger partial charge in [0.2, 0.25) is 0 Å². The van der Waals surface area contributed by atoms with Crippen LogP contribution in [-0.4, -0.2) is 11.0 Å². The molecular weight excluding hydrogens is 328 g/mol. The summed E-state index contributed by atoms with van der Waals surface area (Å²) in [6.45, 7) is 4.67. The lowest BCUT2D eigenvalue weighted by atomic mass is 9.42. The number of hydrogen-bond acceptors (Lipinski definition) is 2. The third-order valence-electron chi connectivity index (χ3n) is 8.60. The molecule has 4 aliphatic carbocycles. The first-order valence-corrected chi connectivity index (χ1v) is 11.0. The number of aryl methyl sites for hydroxylation is 1. The molecule has 2 nitrogen and oxygen atoms in total. The molecule has 0 N–H and O–H groups in total. The van der Waals surface area contributed by atoms with Crippen molar-refractivity contribution >= 4 is 11.5 Å². The van der Waals surface area contributed by atoms with E-state index in [-0.39, 0.29) is 0 Å². The molecule has 1 atom stereocenters. The largest absolute Gasteiger partial charge is 0.322 e. The lowest BCUT2D eigenvalue weighted by Crippen LogP contribution is -2.61. The minimum absolute atomic E-state index is 0.327. The second kappa shape index (κ2) is 5.59. The summed E-state index contributed by atoms with van der Waals surface area (Å²) < 4.78 is 0. The van der Waals surface area contributed by atoms with Crippen LogP contribution in [0.4, 0.5) is 11.5 Å². The first kappa shape index (κ1) is 16.2. The van der Waals surface area contributed by atoms with Crippen LogP contribution in [-0.2, 0) is 5.41 Å². The Morgan fingerprint density at radius 1 is 0.963 bits per heavy atom. The summed E-state index contributed by atoms with van der Waals surface area (Å²) >= 11 is 0. The Bertz CT molecular complexity index is 857. The number of rotatable bonds is 2. The van der Waals surface area contributed by atoms with Crippen LogP contribution in [0.5, 0.6) is 0 Å². The molecule has 4 fully saturated rings. The molecule has 1 aliphatic heterocycles. The predicted molar refractivity (Wildman–Crippen MR) is 110 cm³/mol. The van der Waals surface area contributed by atoms with E-state index >= 15 is 0 Å². The van der Waals surface area contributed by atoms with Crippen molar-refractivity contribution < 1.29 is 0 Å². The summed E-state index contributed by atoms with van der Waals surface area (Å²) in [5.41, 5.74) is 4.64. The van der Waals surface area contributed by atoms with E-state index in [0.29, 0.717) is 11.5 Å². The molecule has 5 aliphatic rings. The zero-order valence-electron chi connectivity index (χ0n) is 16.6. The van der Waals surface area contributed by atoms with Crippen LogP contribution in [0.1, 0.15) is 56.6 Å². The fraction of sp³-hybridized carbons (Fsp3) is 0.560. The van der Waals surface area contributed by atoms with Gasteiger partial charge in [0.05, 0.1) is 0 Å². The fourth-order valence-corrected chi connectivity index (χ4v) is 8.05. The van der Waals surface area contributed by atoms with Crippen LogP contribution in [0.3, 0.4) is 0 Å². The number of pyridine rings is 1. The zero-order chi connectivity index (χ0) is 18.2. The van der Waals surface area contributed by atoms with Crippen LogP contribution in [0.25, 0.3) is 0 Å². The van der Waals surface area contributed by atoms with Gasteiger partial charge in [-0.2, -0.15) is 0 Å². The van der Waals surface area contributed by atoms with Crippen LogP contribution in [0.15, 0.2) is 42.6 Å². The molecule has 0 radical (unpaired) electrons. The molecule has 2 heteroatoms. The standard InChI is InChI=1S/C25H30N2/c1-3-23-25(19-12-17-11-18(14-19)15-20(25)13-17)21-8-6-10-26-24(21)27(23)22-9-5-4-7-16(22)2/h4-10,17-20,23H,3,11-15H2,1-2H3. The summed E-state index contributed by atoms with van der Waals surface area (Å²) in [6.07, 6.45) is 10.6. The minimum Gasteiger partial charge on any atom is -0.322 e. The Kier molecular flexibility index (Phi) is 3.35. The minimum atomic E-state index is 0.327. The summed E-state index contributed by atoms with van der Waals surface area (Å²) in [5.74, 6) is 4.98. The van der Waals surface area contributed by atoms with Crippen LogP contribution in [0, 0.1) is 30.6 Å². The average Bonchev–Trinajstić information content (AvgIpc) is 2.97. The first-order chi connectivity index (χ1) is 13.2. The number of aromatic nitrogens is 1. The Morgan fingerprint density at radius 3 is 2.33 bits per heavy atom. The number of benzene rings is 1. The van der Waals surface area contributed by atoms with Gasteiger partial charge in [-0.3, -0.25) is 0 Å². The Labute approximate surface area is 163 Å². The van der Waals surface area contributed by atoms with Gasteiger partial charge in [-0.05, 0) is 86.8 Å². The van der Waals surface area contributed by atoms with Gasteiger partial charge in [0.1, 0.15) is 5.82 Å². The van der Waals surface area contributed by atoms with Crippen molar-refractivity contribution in [1.29, 1.82) is 0 Å². The number of hydrogen-bond donors (Lipinski definition) is 0. The molecule has 4 bridgehead atoms. The fourth-order valence-electron chi connectivity index (χ4n) is 8.05. The van der Waals surface area contributed by atoms with Gasteiger partial charge in [-0.25, -0.2) is 4.98 Å². The molecule has 2 aromatic rings. The predicted octanol–water partition coefficient (Wildman–Crippen LogP) is 6.01. The topological polar surface area (TPSA) is 16.1 Å². The van der Waals surface area contributed by atoms with Gasteiger partial charge in [0.25, 0.3) is 0 Å². The SMILES string of the molecule is CCC1N(c2ccccc2C)c2ncccc2C12C1CC3CC(C1)CC2C3. The van der Waals surface area contributed by atoms with E-state index in [4.69, 9.17) is 4.98 Å². The summed E-state index contributed by atoms with van der Waals surface area (Å²) in [6, 6.07) is 14.1. The van der Waals surface area contributed by atoms with E-state index < -0.39 is 0 Å². The van der Waals surface area contributed by atoms with Crippen LogP contribution in [0.2, 0.25) is 0 Å². The van der Waals surface area contributed by atoms with E-state index in [1.165, 1.54) is 55.6 Å². The Balaban J connectivity index is 1.59. The lowest BCUT2D eigenvalue weighted by molar-refractivity contribution is -0.0681. The molecule has 2 heterocycles.